The number of halogens is 1. The molecule has 1 aromatic rings. The Balaban J connectivity index is 2.27. The van der Waals surface area contributed by atoms with E-state index < -0.39 is 0 Å². The molecule has 72 valence electrons. The van der Waals surface area contributed by atoms with Crippen LogP contribution in [0.15, 0.2) is 41.0 Å². The molecular weight excluding hydrogens is 242 g/mol. The molecule has 14 heavy (non-hydrogen) atoms. The molecule has 0 spiro atoms. The molecule has 0 bridgehead atoms. The Hall–Kier alpha value is -1.09. The normalized spacial score (nSPS) is 14.8. The van der Waals surface area contributed by atoms with Gasteiger partial charge in [0, 0.05) is 17.2 Å². The minimum atomic E-state index is 0.0613. The molecule has 0 radical (unpaired) electrons. The number of hydrogen-bond acceptors (Lipinski definition) is 1. The van der Waals surface area contributed by atoms with Gasteiger partial charge in [-0.05, 0) is 34.5 Å². The van der Waals surface area contributed by atoms with Crippen molar-refractivity contribution in [3.8, 4) is 0 Å². The SMILES string of the molecule is O=C(c1ccccc1Br)N1C=CCC1. The van der Waals surface area contributed by atoms with Gasteiger partial charge in [0.15, 0.2) is 0 Å². The van der Waals surface area contributed by atoms with E-state index in [2.05, 4.69) is 15.9 Å². The van der Waals surface area contributed by atoms with Gasteiger partial charge in [-0.2, -0.15) is 0 Å². The summed E-state index contributed by atoms with van der Waals surface area (Å²) in [4.78, 5) is 13.6. The molecule has 2 rings (SSSR count). The van der Waals surface area contributed by atoms with E-state index in [1.807, 2.05) is 36.5 Å². The summed E-state index contributed by atoms with van der Waals surface area (Å²) < 4.78 is 0.852. The van der Waals surface area contributed by atoms with Crippen molar-refractivity contribution >= 4 is 21.8 Å². The highest BCUT2D eigenvalue weighted by atomic mass is 79.9. The summed E-state index contributed by atoms with van der Waals surface area (Å²) in [5, 5.41) is 0. The van der Waals surface area contributed by atoms with Crippen molar-refractivity contribution in [2.75, 3.05) is 6.54 Å². The van der Waals surface area contributed by atoms with E-state index in [1.165, 1.54) is 0 Å². The van der Waals surface area contributed by atoms with Crippen LogP contribution in [0.25, 0.3) is 0 Å². The van der Waals surface area contributed by atoms with Crippen molar-refractivity contribution < 1.29 is 4.79 Å². The first-order valence-electron chi connectivity index (χ1n) is 4.51. The fourth-order valence-corrected chi connectivity index (χ4v) is 1.90. The molecule has 0 unspecified atom stereocenters. The summed E-state index contributed by atoms with van der Waals surface area (Å²) in [7, 11) is 0. The van der Waals surface area contributed by atoms with Gasteiger partial charge in [0.2, 0.25) is 0 Å². The first-order chi connectivity index (χ1) is 6.79. The highest BCUT2D eigenvalue weighted by Gasteiger charge is 2.17. The Labute approximate surface area is 91.3 Å². The largest absolute Gasteiger partial charge is 0.315 e. The predicted molar refractivity (Wildman–Crippen MR) is 58.9 cm³/mol. The molecule has 0 saturated heterocycles. The van der Waals surface area contributed by atoms with Gasteiger partial charge in [0.25, 0.3) is 5.91 Å². The van der Waals surface area contributed by atoms with Gasteiger partial charge in [0.1, 0.15) is 0 Å². The van der Waals surface area contributed by atoms with Crippen LogP contribution in [-0.4, -0.2) is 17.4 Å². The fraction of sp³-hybridized carbons (Fsp3) is 0.182. The minimum absolute atomic E-state index is 0.0613. The van der Waals surface area contributed by atoms with E-state index in [4.69, 9.17) is 0 Å². The third-order valence-corrected chi connectivity index (χ3v) is 2.88. The van der Waals surface area contributed by atoms with Gasteiger partial charge < -0.3 is 4.90 Å². The maximum absolute atomic E-state index is 11.9. The van der Waals surface area contributed by atoms with Crippen LogP contribution < -0.4 is 0 Å². The van der Waals surface area contributed by atoms with Gasteiger partial charge in [-0.3, -0.25) is 4.79 Å². The zero-order valence-corrected chi connectivity index (χ0v) is 9.20. The second kappa shape index (κ2) is 3.96. The summed E-state index contributed by atoms with van der Waals surface area (Å²) in [6, 6.07) is 7.49. The van der Waals surface area contributed by atoms with E-state index in [0.29, 0.717) is 0 Å². The van der Waals surface area contributed by atoms with Crippen molar-refractivity contribution in [1.82, 2.24) is 4.90 Å². The number of benzene rings is 1. The molecular formula is C11H10BrNO. The van der Waals surface area contributed by atoms with Crippen LogP contribution in [0, 0.1) is 0 Å². The molecule has 1 heterocycles. The lowest BCUT2D eigenvalue weighted by Gasteiger charge is -2.13. The lowest BCUT2D eigenvalue weighted by Crippen LogP contribution is -2.23. The van der Waals surface area contributed by atoms with Crippen molar-refractivity contribution in [3.63, 3.8) is 0 Å². The second-order valence-electron chi connectivity index (χ2n) is 3.15. The van der Waals surface area contributed by atoms with Crippen molar-refractivity contribution in [2.45, 2.75) is 6.42 Å². The number of carbonyl (C=O) groups is 1. The number of carbonyl (C=O) groups excluding carboxylic acids is 1. The van der Waals surface area contributed by atoms with Gasteiger partial charge in [0.05, 0.1) is 5.56 Å². The monoisotopic (exact) mass is 251 g/mol. The lowest BCUT2D eigenvalue weighted by atomic mass is 10.2. The molecule has 2 nitrogen and oxygen atoms in total. The van der Waals surface area contributed by atoms with E-state index in [1.54, 1.807) is 4.90 Å². The third-order valence-electron chi connectivity index (χ3n) is 2.19. The molecule has 0 fully saturated rings. The first-order valence-corrected chi connectivity index (χ1v) is 5.30. The van der Waals surface area contributed by atoms with Gasteiger partial charge in [-0.25, -0.2) is 0 Å². The molecule has 3 heteroatoms. The molecule has 0 saturated carbocycles. The Kier molecular flexibility index (Phi) is 2.68. The van der Waals surface area contributed by atoms with E-state index in [-0.39, 0.29) is 5.91 Å². The molecule has 1 aromatic carbocycles. The fourth-order valence-electron chi connectivity index (χ4n) is 1.45. The quantitative estimate of drug-likeness (QED) is 0.752. The zero-order chi connectivity index (χ0) is 9.97. The first kappa shape index (κ1) is 9.46. The van der Waals surface area contributed by atoms with Gasteiger partial charge in [-0.1, -0.05) is 18.2 Å². The highest BCUT2D eigenvalue weighted by molar-refractivity contribution is 9.10. The van der Waals surface area contributed by atoms with Crippen LogP contribution in [0.2, 0.25) is 0 Å². The average molecular weight is 252 g/mol. The minimum Gasteiger partial charge on any atom is -0.315 e. The van der Waals surface area contributed by atoms with Gasteiger partial charge in [-0.15, -0.1) is 0 Å². The summed E-state index contributed by atoms with van der Waals surface area (Å²) in [5.74, 6) is 0.0613. The van der Waals surface area contributed by atoms with Crippen LogP contribution in [-0.2, 0) is 0 Å². The van der Waals surface area contributed by atoms with Crippen LogP contribution in [0.3, 0.4) is 0 Å². The molecule has 1 aliphatic rings. The molecule has 0 N–H and O–H groups in total. The highest BCUT2D eigenvalue weighted by Crippen LogP contribution is 2.19. The number of amides is 1. The summed E-state index contributed by atoms with van der Waals surface area (Å²) >= 11 is 3.37. The number of hydrogen-bond donors (Lipinski definition) is 0. The van der Waals surface area contributed by atoms with Crippen LogP contribution in [0.1, 0.15) is 16.8 Å². The Morgan fingerprint density at radius 1 is 1.36 bits per heavy atom. The van der Waals surface area contributed by atoms with Crippen molar-refractivity contribution in [3.05, 3.63) is 46.6 Å². The maximum atomic E-state index is 11.9. The number of nitrogens with zero attached hydrogens (tertiary/aromatic N) is 1. The second-order valence-corrected chi connectivity index (χ2v) is 4.01. The zero-order valence-electron chi connectivity index (χ0n) is 7.61. The standard InChI is InChI=1S/C11H10BrNO/c12-10-6-2-1-5-9(10)11(14)13-7-3-4-8-13/h1-3,5-7H,4,8H2. The van der Waals surface area contributed by atoms with Crippen LogP contribution >= 0.6 is 15.9 Å². The Morgan fingerprint density at radius 2 is 2.14 bits per heavy atom. The smallest absolute Gasteiger partial charge is 0.258 e. The number of rotatable bonds is 1. The molecule has 0 aliphatic carbocycles. The average Bonchev–Trinajstić information content (AvgIpc) is 2.70. The molecule has 0 atom stereocenters. The summed E-state index contributed by atoms with van der Waals surface area (Å²) in [5.41, 5.74) is 0.721. The topological polar surface area (TPSA) is 20.3 Å². The van der Waals surface area contributed by atoms with E-state index >= 15 is 0 Å². The van der Waals surface area contributed by atoms with E-state index in [0.717, 1.165) is 23.0 Å². The maximum Gasteiger partial charge on any atom is 0.258 e. The Morgan fingerprint density at radius 3 is 2.79 bits per heavy atom. The molecule has 1 amide bonds. The summed E-state index contributed by atoms with van der Waals surface area (Å²) in [6.07, 6.45) is 4.81. The third kappa shape index (κ3) is 1.73. The summed E-state index contributed by atoms with van der Waals surface area (Å²) in [6.45, 7) is 0.792. The Bertz CT molecular complexity index is 387. The van der Waals surface area contributed by atoms with Crippen molar-refractivity contribution in [2.24, 2.45) is 0 Å². The predicted octanol–water partition coefficient (Wildman–Crippen LogP) is 2.81. The van der Waals surface area contributed by atoms with E-state index in [9.17, 15) is 4.79 Å². The van der Waals surface area contributed by atoms with Crippen LogP contribution in [0.4, 0.5) is 0 Å². The molecule has 0 aromatic heterocycles. The lowest BCUT2D eigenvalue weighted by molar-refractivity contribution is 0.0832. The molecule has 1 aliphatic heterocycles. The van der Waals surface area contributed by atoms with Crippen LogP contribution in [0.5, 0.6) is 0 Å². The van der Waals surface area contributed by atoms with Crippen molar-refractivity contribution in [1.29, 1.82) is 0 Å². The van der Waals surface area contributed by atoms with Gasteiger partial charge >= 0.3 is 0 Å².